The first kappa shape index (κ1) is 19.9. The highest BCUT2D eigenvalue weighted by atomic mass is 32.2. The molecule has 0 radical (unpaired) electrons. The Kier molecular flexibility index (Phi) is 6.33. The van der Waals surface area contributed by atoms with Crippen LogP contribution in [0.5, 0.6) is 11.5 Å². The zero-order chi connectivity index (χ0) is 20.1. The fourth-order valence-electron chi connectivity index (χ4n) is 2.56. The molecule has 144 valence electrons. The molecule has 2 aromatic carbocycles. The van der Waals surface area contributed by atoms with Gasteiger partial charge in [-0.15, -0.1) is 0 Å². The fraction of sp³-hybridized carbons (Fsp3) is 0.150. The van der Waals surface area contributed by atoms with Gasteiger partial charge in [0, 0.05) is 5.56 Å². The molecule has 0 aliphatic carbocycles. The number of carboxylic acid groups (broad SMARTS) is 1. The fourth-order valence-corrected chi connectivity index (χ4v) is 3.85. The molecule has 2 aromatic rings. The molecular weight excluding hydrogens is 398 g/mol. The number of rotatable bonds is 7. The largest absolute Gasteiger partial charge is 0.494 e. The van der Waals surface area contributed by atoms with Gasteiger partial charge in [0.15, 0.2) is 10.9 Å². The molecule has 1 amide bonds. The molecule has 0 bridgehead atoms. The lowest BCUT2D eigenvalue weighted by Crippen LogP contribution is -2.27. The molecule has 0 atom stereocenters. The molecule has 6 nitrogen and oxygen atoms in total. The van der Waals surface area contributed by atoms with E-state index in [4.69, 9.17) is 26.8 Å². The first-order valence-corrected chi connectivity index (χ1v) is 9.66. The van der Waals surface area contributed by atoms with Crippen LogP contribution in [0.2, 0.25) is 0 Å². The van der Waals surface area contributed by atoms with E-state index in [-0.39, 0.29) is 5.91 Å². The summed E-state index contributed by atoms with van der Waals surface area (Å²) in [4.78, 5) is 25.5. The predicted octanol–water partition coefficient (Wildman–Crippen LogP) is 3.95. The van der Waals surface area contributed by atoms with Crippen LogP contribution in [0.3, 0.4) is 0 Å². The molecule has 1 aliphatic rings. The second kappa shape index (κ2) is 8.90. The van der Waals surface area contributed by atoms with Crippen molar-refractivity contribution in [1.82, 2.24) is 0 Å². The highest BCUT2D eigenvalue weighted by Crippen LogP contribution is 2.37. The van der Waals surface area contributed by atoms with Crippen molar-refractivity contribution in [2.24, 2.45) is 0 Å². The van der Waals surface area contributed by atoms with Crippen LogP contribution in [0.25, 0.3) is 6.08 Å². The Morgan fingerprint density at radius 2 is 1.89 bits per heavy atom. The van der Waals surface area contributed by atoms with E-state index in [1.165, 1.54) is 16.7 Å². The van der Waals surface area contributed by atoms with Crippen LogP contribution in [0.1, 0.15) is 12.5 Å². The number of amides is 1. The maximum absolute atomic E-state index is 12.9. The molecule has 1 heterocycles. The number of para-hydroxylation sites is 1. The topological polar surface area (TPSA) is 76.1 Å². The second-order valence-electron chi connectivity index (χ2n) is 5.66. The molecule has 0 spiro atoms. The molecule has 8 heteroatoms. The van der Waals surface area contributed by atoms with Gasteiger partial charge < -0.3 is 14.6 Å². The molecule has 0 aromatic heterocycles. The van der Waals surface area contributed by atoms with Gasteiger partial charge in [0.1, 0.15) is 11.5 Å². The van der Waals surface area contributed by atoms with Crippen LogP contribution in [0.4, 0.5) is 5.69 Å². The highest BCUT2D eigenvalue weighted by molar-refractivity contribution is 8.27. The Morgan fingerprint density at radius 1 is 1.18 bits per heavy atom. The molecule has 1 fully saturated rings. The number of carbonyl (C=O) groups excluding carboxylic acids is 1. The number of carboxylic acids is 1. The molecule has 0 saturated carbocycles. The Labute approximate surface area is 171 Å². The minimum atomic E-state index is -1.07. The van der Waals surface area contributed by atoms with Crippen molar-refractivity contribution in [3.05, 3.63) is 59.0 Å². The number of thiocarbonyl (C=S) groups is 1. The lowest BCUT2D eigenvalue weighted by molar-refractivity contribution is -0.139. The molecular formula is C20H17NO5S2. The number of hydrogen-bond acceptors (Lipinski definition) is 6. The van der Waals surface area contributed by atoms with Crippen LogP contribution < -0.4 is 14.4 Å². The number of carbonyl (C=O) groups is 2. The zero-order valence-corrected chi connectivity index (χ0v) is 16.6. The summed E-state index contributed by atoms with van der Waals surface area (Å²) in [6, 6.07) is 14.1. The minimum Gasteiger partial charge on any atom is -0.494 e. The number of hydrogen-bond donors (Lipinski definition) is 1. The van der Waals surface area contributed by atoms with Gasteiger partial charge in [-0.25, -0.2) is 4.79 Å². The van der Waals surface area contributed by atoms with E-state index >= 15 is 0 Å². The third-order valence-electron chi connectivity index (χ3n) is 3.76. The number of thioether (sulfide) groups is 1. The summed E-state index contributed by atoms with van der Waals surface area (Å²) >= 11 is 6.57. The molecule has 1 saturated heterocycles. The maximum atomic E-state index is 12.9. The average molecular weight is 415 g/mol. The summed E-state index contributed by atoms with van der Waals surface area (Å²) in [6.45, 7) is 2.00. The van der Waals surface area contributed by atoms with Crippen molar-refractivity contribution in [2.45, 2.75) is 6.92 Å². The SMILES string of the molecule is CCOc1ccc(N2C(=O)/C(=C\c3ccccc3OCC(=O)O)SC2=S)cc1. The number of benzene rings is 2. The number of nitrogens with zero attached hydrogens (tertiary/aromatic N) is 1. The van der Waals surface area contributed by atoms with Crippen molar-refractivity contribution in [1.29, 1.82) is 0 Å². The van der Waals surface area contributed by atoms with Crippen molar-refractivity contribution >= 4 is 51.9 Å². The van der Waals surface area contributed by atoms with Crippen LogP contribution in [-0.2, 0) is 9.59 Å². The smallest absolute Gasteiger partial charge is 0.341 e. The van der Waals surface area contributed by atoms with E-state index in [9.17, 15) is 9.59 Å². The van der Waals surface area contributed by atoms with Gasteiger partial charge in [-0.3, -0.25) is 9.69 Å². The minimum absolute atomic E-state index is 0.243. The van der Waals surface area contributed by atoms with Crippen molar-refractivity contribution in [2.75, 3.05) is 18.1 Å². The molecule has 1 N–H and O–H groups in total. The van der Waals surface area contributed by atoms with E-state index < -0.39 is 12.6 Å². The predicted molar refractivity (Wildman–Crippen MR) is 113 cm³/mol. The number of ether oxygens (including phenoxy) is 2. The van der Waals surface area contributed by atoms with Crippen molar-refractivity contribution < 1.29 is 24.2 Å². The molecule has 0 unspecified atom stereocenters. The maximum Gasteiger partial charge on any atom is 0.341 e. The number of anilines is 1. The quantitative estimate of drug-likeness (QED) is 0.542. The van der Waals surface area contributed by atoms with E-state index in [0.717, 1.165) is 5.75 Å². The van der Waals surface area contributed by atoms with Gasteiger partial charge >= 0.3 is 5.97 Å². The summed E-state index contributed by atoms with van der Waals surface area (Å²) < 4.78 is 11.1. The number of aliphatic carboxylic acids is 1. The summed E-state index contributed by atoms with van der Waals surface area (Å²) in [7, 11) is 0. The monoisotopic (exact) mass is 415 g/mol. The lowest BCUT2D eigenvalue weighted by atomic mass is 10.2. The van der Waals surface area contributed by atoms with E-state index in [0.29, 0.717) is 32.8 Å². The van der Waals surface area contributed by atoms with Crippen LogP contribution in [0, 0.1) is 0 Å². The summed E-state index contributed by atoms with van der Waals surface area (Å²) in [5.74, 6) is -0.211. The third-order valence-corrected chi connectivity index (χ3v) is 5.06. The highest BCUT2D eigenvalue weighted by Gasteiger charge is 2.33. The molecule has 3 rings (SSSR count). The van der Waals surface area contributed by atoms with Crippen LogP contribution in [-0.4, -0.2) is 34.5 Å². The van der Waals surface area contributed by atoms with Gasteiger partial charge in [0.2, 0.25) is 0 Å². The van der Waals surface area contributed by atoms with E-state index in [1.807, 2.05) is 6.92 Å². The first-order chi connectivity index (χ1) is 13.5. The normalized spacial score (nSPS) is 15.2. The first-order valence-electron chi connectivity index (χ1n) is 8.44. The molecule has 1 aliphatic heterocycles. The van der Waals surface area contributed by atoms with Gasteiger partial charge in [0.05, 0.1) is 17.2 Å². The standard InChI is InChI=1S/C20H17NO5S2/c1-2-25-15-9-7-14(8-10-15)21-19(24)17(28-20(21)27)11-13-5-3-4-6-16(13)26-12-18(22)23/h3-11H,2,12H2,1H3,(H,22,23)/b17-11+. The Bertz CT molecular complexity index is 940. The van der Waals surface area contributed by atoms with Gasteiger partial charge in [-0.2, -0.15) is 0 Å². The van der Waals surface area contributed by atoms with Crippen LogP contribution in [0.15, 0.2) is 53.4 Å². The lowest BCUT2D eigenvalue weighted by Gasteiger charge is -2.15. The van der Waals surface area contributed by atoms with Crippen molar-refractivity contribution in [3.8, 4) is 11.5 Å². The molecule has 28 heavy (non-hydrogen) atoms. The Balaban J connectivity index is 1.84. The van der Waals surface area contributed by atoms with Crippen LogP contribution >= 0.6 is 24.0 Å². The van der Waals surface area contributed by atoms with E-state index in [1.54, 1.807) is 54.6 Å². The van der Waals surface area contributed by atoms with E-state index in [2.05, 4.69) is 0 Å². The third kappa shape index (κ3) is 4.52. The summed E-state index contributed by atoms with van der Waals surface area (Å²) in [6.07, 6.45) is 1.66. The summed E-state index contributed by atoms with van der Waals surface area (Å²) in [5, 5.41) is 8.81. The second-order valence-corrected chi connectivity index (χ2v) is 7.34. The van der Waals surface area contributed by atoms with Gasteiger partial charge in [-0.1, -0.05) is 42.2 Å². The summed E-state index contributed by atoms with van der Waals surface area (Å²) in [5.41, 5.74) is 1.26. The average Bonchev–Trinajstić information content (AvgIpc) is 2.95. The van der Waals surface area contributed by atoms with Gasteiger partial charge in [0.25, 0.3) is 5.91 Å². The Hall–Kier alpha value is -2.84. The van der Waals surface area contributed by atoms with Gasteiger partial charge in [-0.05, 0) is 43.3 Å². The van der Waals surface area contributed by atoms with Crippen molar-refractivity contribution in [3.63, 3.8) is 0 Å². The zero-order valence-electron chi connectivity index (χ0n) is 15.0. The Morgan fingerprint density at radius 3 is 2.57 bits per heavy atom.